The van der Waals surface area contributed by atoms with Gasteiger partial charge in [0.15, 0.2) is 5.75 Å². The smallest absolute Gasteiger partial charge is 0.427 e. The first-order valence-corrected chi connectivity index (χ1v) is 12.2. The van der Waals surface area contributed by atoms with Crippen LogP contribution < -0.4 is 14.5 Å². The highest BCUT2D eigenvalue weighted by Gasteiger charge is 2.94. The van der Waals surface area contributed by atoms with Crippen molar-refractivity contribution in [3.05, 3.63) is 52.7 Å². The first kappa shape index (κ1) is 38.3. The Kier molecular flexibility index (Phi) is 9.13. The highest BCUT2D eigenvalue weighted by Crippen LogP contribution is 2.63. The minimum absolute atomic E-state index is 0.0642. The summed E-state index contributed by atoms with van der Waals surface area (Å²) in [5, 5.41) is 0. The van der Waals surface area contributed by atoms with Gasteiger partial charge in [-0.3, -0.25) is 19.2 Å². The monoisotopic (exact) mass is 792 g/mol. The average Bonchev–Trinajstić information content (AvgIpc) is 3.46. The molecular weight excluding hydrogens is 787 g/mol. The van der Waals surface area contributed by atoms with Crippen molar-refractivity contribution in [3.63, 3.8) is 0 Å². The van der Waals surface area contributed by atoms with Crippen LogP contribution in [0.1, 0.15) is 0 Å². The molecule has 7 nitrogen and oxygen atoms in total. The molecule has 25 heteroatoms. The standard InChI is InChI=1S/C23H6BrF17N2O5/c24-7-5-9(43-13(46)3-4-14(43)47)10(6-8(7)42-11(44)1-2-12(42)45)48-16(26)15(25)17(27,28)18(29,30)19(31,32)20(33,34)21(35,36)22(37,38)23(39,40)41/h1-6H. The van der Waals surface area contributed by atoms with Crippen LogP contribution in [0.5, 0.6) is 5.75 Å². The normalized spacial score (nSPS) is 17.6. The summed E-state index contributed by atoms with van der Waals surface area (Å²) >= 11 is 2.73. The number of allylic oxidation sites excluding steroid dienone is 1. The Morgan fingerprint density at radius 2 is 0.896 bits per heavy atom. The van der Waals surface area contributed by atoms with Crippen molar-refractivity contribution < 1.29 is 98.6 Å². The van der Waals surface area contributed by atoms with Crippen LogP contribution in [0, 0.1) is 0 Å². The molecule has 0 aromatic heterocycles. The number of alkyl halides is 15. The van der Waals surface area contributed by atoms with Crippen molar-refractivity contribution in [1.82, 2.24) is 0 Å². The number of halogens is 18. The van der Waals surface area contributed by atoms with Gasteiger partial charge in [-0.2, -0.15) is 74.6 Å². The first-order chi connectivity index (χ1) is 21.4. The SMILES string of the molecule is O=C1C=CC(=O)N1c1cc(OC(F)=C(F)C(F)(F)C(F)(F)C(F)(F)C(F)(F)C(F)(F)C(F)(F)C(F)(F)F)c(N2C(=O)C=CC2=O)cc1Br. The Morgan fingerprint density at radius 3 is 1.29 bits per heavy atom. The van der Waals surface area contributed by atoms with Gasteiger partial charge in [-0.05, 0) is 22.0 Å². The second-order valence-electron chi connectivity index (χ2n) is 9.10. The molecule has 4 amide bonds. The summed E-state index contributed by atoms with van der Waals surface area (Å²) in [6, 6.07) is -3.32. The molecule has 0 atom stereocenters. The first-order valence-electron chi connectivity index (χ1n) is 11.4. The lowest BCUT2D eigenvalue weighted by molar-refractivity contribution is -0.451. The molecule has 0 bridgehead atoms. The molecule has 3 rings (SSSR count). The van der Waals surface area contributed by atoms with E-state index in [0.717, 1.165) is 0 Å². The van der Waals surface area contributed by atoms with Crippen LogP contribution in [-0.2, 0) is 19.2 Å². The molecule has 264 valence electrons. The van der Waals surface area contributed by atoms with Gasteiger partial charge < -0.3 is 4.74 Å². The van der Waals surface area contributed by atoms with Crippen LogP contribution in [-0.4, -0.2) is 65.3 Å². The van der Waals surface area contributed by atoms with E-state index in [2.05, 4.69) is 20.7 Å². The van der Waals surface area contributed by atoms with E-state index in [-0.39, 0.29) is 15.9 Å². The number of rotatable bonds is 10. The maximum atomic E-state index is 14.6. The van der Waals surface area contributed by atoms with E-state index in [1.807, 2.05) is 0 Å². The van der Waals surface area contributed by atoms with Crippen LogP contribution in [0.4, 0.5) is 86.0 Å². The highest BCUT2D eigenvalue weighted by atomic mass is 79.9. The Labute approximate surface area is 260 Å². The molecule has 0 unspecified atom stereocenters. The van der Waals surface area contributed by atoms with Gasteiger partial charge in [0, 0.05) is 34.8 Å². The predicted octanol–water partition coefficient (Wildman–Crippen LogP) is 7.17. The maximum Gasteiger partial charge on any atom is 0.460 e. The zero-order valence-corrected chi connectivity index (χ0v) is 23.3. The van der Waals surface area contributed by atoms with Gasteiger partial charge >= 0.3 is 47.7 Å². The number of hydrogen-bond donors (Lipinski definition) is 0. The Balaban J connectivity index is 2.18. The lowest BCUT2D eigenvalue weighted by Crippen LogP contribution is -2.72. The summed E-state index contributed by atoms with van der Waals surface area (Å²) in [5.41, 5.74) is -2.04. The minimum Gasteiger partial charge on any atom is -0.427 e. The molecule has 1 aromatic rings. The zero-order valence-electron chi connectivity index (χ0n) is 21.7. The number of ether oxygens (including phenoxy) is 1. The second-order valence-corrected chi connectivity index (χ2v) is 9.95. The van der Waals surface area contributed by atoms with E-state index in [0.29, 0.717) is 30.4 Å². The van der Waals surface area contributed by atoms with E-state index in [1.165, 1.54) is 0 Å². The molecule has 0 saturated heterocycles. The summed E-state index contributed by atoms with van der Waals surface area (Å²) in [6.07, 6.45) is -5.75. The topological polar surface area (TPSA) is 84.0 Å². The molecular formula is C23H6BrF17N2O5. The van der Waals surface area contributed by atoms with Crippen molar-refractivity contribution >= 4 is 50.9 Å². The van der Waals surface area contributed by atoms with Crippen LogP contribution in [0.3, 0.4) is 0 Å². The van der Waals surface area contributed by atoms with E-state index in [4.69, 9.17) is 0 Å². The maximum absolute atomic E-state index is 14.6. The van der Waals surface area contributed by atoms with E-state index in [9.17, 15) is 93.8 Å². The molecule has 0 aliphatic carbocycles. The Hall–Kier alpha value is -4.19. The van der Waals surface area contributed by atoms with Crippen LogP contribution in [0.2, 0.25) is 0 Å². The van der Waals surface area contributed by atoms with Crippen LogP contribution >= 0.6 is 15.9 Å². The number of carbonyl (C=O) groups excluding carboxylic acids is 4. The highest BCUT2D eigenvalue weighted by molar-refractivity contribution is 9.10. The van der Waals surface area contributed by atoms with Gasteiger partial charge in [0.1, 0.15) is 0 Å². The zero-order chi connectivity index (χ0) is 37.4. The number of nitrogens with zero attached hydrogens (tertiary/aromatic N) is 2. The fourth-order valence-corrected chi connectivity index (χ4v) is 4.11. The molecule has 0 fully saturated rings. The van der Waals surface area contributed by atoms with Crippen molar-refractivity contribution in [3.8, 4) is 5.75 Å². The molecule has 0 saturated carbocycles. The molecule has 2 heterocycles. The number of benzene rings is 1. The summed E-state index contributed by atoms with van der Waals surface area (Å²) in [5.74, 6) is -62.6. The molecule has 1 aromatic carbocycles. The van der Waals surface area contributed by atoms with Gasteiger partial charge in [0.2, 0.25) is 5.83 Å². The number of anilines is 2. The van der Waals surface area contributed by atoms with Gasteiger partial charge in [-0.1, -0.05) is 0 Å². The lowest BCUT2D eigenvalue weighted by Gasteiger charge is -2.41. The van der Waals surface area contributed by atoms with E-state index < -0.39 is 98.8 Å². The third-order valence-corrected chi connectivity index (χ3v) is 6.74. The lowest BCUT2D eigenvalue weighted by atomic mass is 9.91. The minimum atomic E-state index is -8.80. The van der Waals surface area contributed by atoms with Crippen LogP contribution in [0.25, 0.3) is 0 Å². The van der Waals surface area contributed by atoms with E-state index in [1.54, 1.807) is 0 Å². The summed E-state index contributed by atoms with van der Waals surface area (Å²) < 4.78 is 234. The fraction of sp³-hybridized carbons (Fsp3) is 0.304. The quantitative estimate of drug-likeness (QED) is 0.143. The average molecular weight is 793 g/mol. The van der Waals surface area contributed by atoms with Crippen LogP contribution in [0.15, 0.2) is 52.7 Å². The Bertz CT molecular complexity index is 1650. The van der Waals surface area contributed by atoms with Crippen molar-refractivity contribution in [2.75, 3.05) is 9.80 Å². The number of hydrogen-bond acceptors (Lipinski definition) is 5. The summed E-state index contributed by atoms with van der Waals surface area (Å²) in [6.45, 7) is 0. The fourth-order valence-electron chi connectivity index (χ4n) is 3.60. The third kappa shape index (κ3) is 5.38. The molecule has 0 radical (unpaired) electrons. The number of imide groups is 2. The number of amides is 4. The largest absolute Gasteiger partial charge is 0.460 e. The Morgan fingerprint density at radius 1 is 0.542 bits per heavy atom. The van der Waals surface area contributed by atoms with Crippen molar-refractivity contribution in [2.45, 2.75) is 41.7 Å². The summed E-state index contributed by atoms with van der Waals surface area (Å²) in [4.78, 5) is 48.4. The molecule has 0 N–H and O–H groups in total. The van der Waals surface area contributed by atoms with Gasteiger partial charge in [0.25, 0.3) is 23.6 Å². The van der Waals surface area contributed by atoms with E-state index >= 15 is 0 Å². The van der Waals surface area contributed by atoms with Crippen molar-refractivity contribution in [2.24, 2.45) is 0 Å². The van der Waals surface area contributed by atoms with Crippen molar-refractivity contribution in [1.29, 1.82) is 0 Å². The molecule has 2 aliphatic heterocycles. The number of carbonyl (C=O) groups is 4. The molecule has 0 spiro atoms. The van der Waals surface area contributed by atoms with Gasteiger partial charge in [-0.15, -0.1) is 0 Å². The molecule has 2 aliphatic rings. The predicted molar refractivity (Wildman–Crippen MR) is 123 cm³/mol. The second kappa shape index (κ2) is 11.5. The molecule has 48 heavy (non-hydrogen) atoms. The third-order valence-electron chi connectivity index (χ3n) is 6.10. The van der Waals surface area contributed by atoms with Gasteiger partial charge in [0.05, 0.1) is 11.4 Å². The summed E-state index contributed by atoms with van der Waals surface area (Å²) in [7, 11) is 0. The van der Waals surface area contributed by atoms with Gasteiger partial charge in [-0.25, -0.2) is 9.80 Å².